The Labute approximate surface area is 67.6 Å². The highest BCUT2D eigenvalue weighted by Crippen LogP contribution is 2.01. The number of hydrogen-bond acceptors (Lipinski definition) is 1. The fourth-order valence-electron chi connectivity index (χ4n) is 0.967. The molecular formula is C10H13N. The van der Waals surface area contributed by atoms with Gasteiger partial charge in [0.25, 0.3) is 0 Å². The molecule has 1 heteroatoms. The third kappa shape index (κ3) is 2.54. The van der Waals surface area contributed by atoms with Crippen LogP contribution in [-0.2, 0) is 6.42 Å². The Morgan fingerprint density at radius 1 is 1.27 bits per heavy atom. The molecule has 1 aromatic carbocycles. The molecule has 0 unspecified atom stereocenters. The Morgan fingerprint density at radius 2 is 1.91 bits per heavy atom. The Hall–Kier alpha value is -1.11. The van der Waals surface area contributed by atoms with Crippen molar-refractivity contribution in [2.24, 2.45) is 0 Å². The van der Waals surface area contributed by atoms with Gasteiger partial charge in [-0.05, 0) is 12.0 Å². The highest BCUT2D eigenvalue weighted by Gasteiger charge is 1.94. The summed E-state index contributed by atoms with van der Waals surface area (Å²) in [6.45, 7) is 2.02. The van der Waals surface area contributed by atoms with Crippen molar-refractivity contribution in [1.29, 1.82) is 5.41 Å². The third-order valence-corrected chi connectivity index (χ3v) is 1.69. The van der Waals surface area contributed by atoms with Crippen LogP contribution in [0.4, 0.5) is 0 Å². The van der Waals surface area contributed by atoms with Crippen molar-refractivity contribution < 1.29 is 0 Å². The number of benzene rings is 1. The summed E-state index contributed by atoms with van der Waals surface area (Å²) in [5, 5.41) is 7.47. The van der Waals surface area contributed by atoms with Gasteiger partial charge < -0.3 is 5.41 Å². The molecule has 0 radical (unpaired) electrons. The average Bonchev–Trinajstić information content (AvgIpc) is 2.06. The molecule has 11 heavy (non-hydrogen) atoms. The molecule has 1 rings (SSSR count). The minimum Gasteiger partial charge on any atom is -0.309 e. The average molecular weight is 147 g/mol. The smallest absolute Gasteiger partial charge is 0.0130 e. The summed E-state index contributed by atoms with van der Waals surface area (Å²) >= 11 is 0. The first-order valence-electron chi connectivity index (χ1n) is 3.93. The first-order valence-corrected chi connectivity index (χ1v) is 3.93. The lowest BCUT2D eigenvalue weighted by Crippen LogP contribution is -1.98. The number of hydrogen-bond donors (Lipinski definition) is 1. The molecular weight excluding hydrogens is 134 g/mol. The van der Waals surface area contributed by atoms with Gasteiger partial charge in [0, 0.05) is 12.1 Å². The zero-order valence-electron chi connectivity index (χ0n) is 6.80. The highest BCUT2D eigenvalue weighted by atomic mass is 14.4. The van der Waals surface area contributed by atoms with E-state index in [0.717, 1.165) is 18.6 Å². The molecule has 0 aromatic heterocycles. The summed E-state index contributed by atoms with van der Waals surface area (Å²) in [6.07, 6.45) is 1.66. The Kier molecular flexibility index (Phi) is 2.84. The number of nitrogens with one attached hydrogen (secondary N) is 1. The molecule has 0 amide bonds. The van der Waals surface area contributed by atoms with Gasteiger partial charge in [-0.15, -0.1) is 0 Å². The fraction of sp³-hybridized carbons (Fsp3) is 0.300. The molecule has 0 atom stereocenters. The van der Waals surface area contributed by atoms with Crippen molar-refractivity contribution in [3.8, 4) is 0 Å². The minimum atomic E-state index is 0.802. The van der Waals surface area contributed by atoms with Crippen LogP contribution < -0.4 is 0 Å². The molecule has 0 saturated heterocycles. The van der Waals surface area contributed by atoms with Crippen molar-refractivity contribution in [3.05, 3.63) is 35.9 Å². The van der Waals surface area contributed by atoms with Crippen LogP contribution >= 0.6 is 0 Å². The van der Waals surface area contributed by atoms with Crippen LogP contribution in [-0.4, -0.2) is 5.71 Å². The Bertz CT molecular complexity index is 226. The van der Waals surface area contributed by atoms with Crippen LogP contribution in [0, 0.1) is 5.41 Å². The second-order valence-corrected chi connectivity index (χ2v) is 2.62. The van der Waals surface area contributed by atoms with Gasteiger partial charge in [0.2, 0.25) is 0 Å². The van der Waals surface area contributed by atoms with Crippen LogP contribution in [0.2, 0.25) is 0 Å². The molecule has 0 aliphatic rings. The predicted octanol–water partition coefficient (Wildman–Crippen LogP) is 2.66. The molecule has 1 N–H and O–H groups in total. The van der Waals surface area contributed by atoms with Gasteiger partial charge in [-0.25, -0.2) is 0 Å². The lowest BCUT2D eigenvalue weighted by molar-refractivity contribution is 1.15. The molecule has 1 aromatic rings. The second-order valence-electron chi connectivity index (χ2n) is 2.62. The molecule has 1 nitrogen and oxygen atoms in total. The summed E-state index contributed by atoms with van der Waals surface area (Å²) in [5.41, 5.74) is 2.04. The van der Waals surface area contributed by atoms with Crippen LogP contribution in [0.25, 0.3) is 0 Å². The highest BCUT2D eigenvalue weighted by molar-refractivity contribution is 5.83. The standard InChI is InChI=1S/C10H13N/c1-2-10(11)8-9-6-4-3-5-7-9/h3-7,11H,2,8H2,1H3. The fourth-order valence-corrected chi connectivity index (χ4v) is 0.967. The van der Waals surface area contributed by atoms with Crippen molar-refractivity contribution in [1.82, 2.24) is 0 Å². The summed E-state index contributed by atoms with van der Waals surface area (Å²) in [6, 6.07) is 10.1. The zero-order chi connectivity index (χ0) is 8.10. The second kappa shape index (κ2) is 3.91. The van der Waals surface area contributed by atoms with E-state index in [1.54, 1.807) is 0 Å². The van der Waals surface area contributed by atoms with E-state index in [2.05, 4.69) is 12.1 Å². The third-order valence-electron chi connectivity index (χ3n) is 1.69. The maximum Gasteiger partial charge on any atom is 0.0130 e. The van der Waals surface area contributed by atoms with E-state index >= 15 is 0 Å². The SMILES string of the molecule is CCC(=N)Cc1ccccc1. The topological polar surface area (TPSA) is 23.9 Å². The van der Waals surface area contributed by atoms with Crippen LogP contribution in [0.3, 0.4) is 0 Å². The maximum absolute atomic E-state index is 7.47. The van der Waals surface area contributed by atoms with Crippen molar-refractivity contribution in [3.63, 3.8) is 0 Å². The zero-order valence-corrected chi connectivity index (χ0v) is 6.80. The van der Waals surface area contributed by atoms with E-state index in [1.807, 2.05) is 25.1 Å². The van der Waals surface area contributed by atoms with E-state index in [0.29, 0.717) is 0 Å². The molecule has 0 aliphatic carbocycles. The van der Waals surface area contributed by atoms with Gasteiger partial charge in [-0.1, -0.05) is 37.3 Å². The largest absolute Gasteiger partial charge is 0.309 e. The monoisotopic (exact) mass is 147 g/mol. The van der Waals surface area contributed by atoms with Crippen LogP contribution in [0.5, 0.6) is 0 Å². The first kappa shape index (κ1) is 7.99. The van der Waals surface area contributed by atoms with Crippen molar-refractivity contribution >= 4 is 5.71 Å². The van der Waals surface area contributed by atoms with Crippen LogP contribution in [0.1, 0.15) is 18.9 Å². The molecule has 0 heterocycles. The lowest BCUT2D eigenvalue weighted by atomic mass is 10.1. The molecule has 0 bridgehead atoms. The van der Waals surface area contributed by atoms with Crippen LogP contribution in [0.15, 0.2) is 30.3 Å². The quantitative estimate of drug-likeness (QED) is 0.635. The normalized spacial score (nSPS) is 9.55. The summed E-state index contributed by atoms with van der Waals surface area (Å²) in [5.74, 6) is 0. The first-order chi connectivity index (χ1) is 5.33. The predicted molar refractivity (Wildman–Crippen MR) is 48.2 cm³/mol. The van der Waals surface area contributed by atoms with E-state index in [9.17, 15) is 0 Å². The minimum absolute atomic E-state index is 0.802. The van der Waals surface area contributed by atoms with Gasteiger partial charge in [-0.3, -0.25) is 0 Å². The summed E-state index contributed by atoms with van der Waals surface area (Å²) in [4.78, 5) is 0. The summed E-state index contributed by atoms with van der Waals surface area (Å²) < 4.78 is 0. The Morgan fingerprint density at radius 3 is 2.45 bits per heavy atom. The lowest BCUT2D eigenvalue weighted by Gasteiger charge is -1.99. The molecule has 58 valence electrons. The Balaban J connectivity index is 2.58. The van der Waals surface area contributed by atoms with Gasteiger partial charge in [0.05, 0.1) is 0 Å². The molecule has 0 saturated carbocycles. The van der Waals surface area contributed by atoms with Gasteiger partial charge in [-0.2, -0.15) is 0 Å². The van der Waals surface area contributed by atoms with Crippen molar-refractivity contribution in [2.75, 3.05) is 0 Å². The van der Waals surface area contributed by atoms with E-state index in [4.69, 9.17) is 5.41 Å². The van der Waals surface area contributed by atoms with Gasteiger partial charge in [0.15, 0.2) is 0 Å². The van der Waals surface area contributed by atoms with Gasteiger partial charge >= 0.3 is 0 Å². The maximum atomic E-state index is 7.47. The van der Waals surface area contributed by atoms with Gasteiger partial charge in [0.1, 0.15) is 0 Å². The summed E-state index contributed by atoms with van der Waals surface area (Å²) in [7, 11) is 0. The van der Waals surface area contributed by atoms with E-state index < -0.39 is 0 Å². The van der Waals surface area contributed by atoms with Crippen molar-refractivity contribution in [2.45, 2.75) is 19.8 Å². The van der Waals surface area contributed by atoms with E-state index in [-0.39, 0.29) is 0 Å². The molecule has 0 fully saturated rings. The molecule has 0 aliphatic heterocycles. The van der Waals surface area contributed by atoms with E-state index in [1.165, 1.54) is 5.56 Å². The number of rotatable bonds is 3. The molecule has 0 spiro atoms.